The number of halogens is 1. The Balaban J connectivity index is 2.58. The van der Waals surface area contributed by atoms with E-state index in [0.717, 1.165) is 5.56 Å². The highest BCUT2D eigenvalue weighted by Gasteiger charge is 2.11. The van der Waals surface area contributed by atoms with Crippen molar-refractivity contribution in [1.29, 1.82) is 0 Å². The molecule has 0 bridgehead atoms. The molecule has 0 radical (unpaired) electrons. The predicted molar refractivity (Wildman–Crippen MR) is 67.6 cm³/mol. The van der Waals surface area contributed by atoms with Crippen molar-refractivity contribution in [2.45, 2.75) is 0 Å². The number of primary amides is 1. The molecule has 0 saturated heterocycles. The molecule has 1 aromatic carbocycles. The third-order valence-electron chi connectivity index (χ3n) is 2.31. The quantitative estimate of drug-likeness (QED) is 0.852. The zero-order valence-electron chi connectivity index (χ0n) is 8.85. The van der Waals surface area contributed by atoms with Crippen LogP contribution in [0.1, 0.15) is 10.5 Å². The maximum atomic E-state index is 11.1. The van der Waals surface area contributed by atoms with Crippen LogP contribution in [0.15, 0.2) is 36.4 Å². The van der Waals surface area contributed by atoms with Crippen molar-refractivity contribution < 1.29 is 4.79 Å². The van der Waals surface area contributed by atoms with E-state index in [1.54, 1.807) is 18.2 Å². The molecule has 86 valence electrons. The summed E-state index contributed by atoms with van der Waals surface area (Å²) in [5.74, 6) is -0.656. The lowest BCUT2D eigenvalue weighted by Crippen LogP contribution is -2.15. The molecule has 0 aliphatic carbocycles. The van der Waals surface area contributed by atoms with Crippen LogP contribution in [0.25, 0.3) is 11.3 Å². The second-order valence-electron chi connectivity index (χ2n) is 3.48. The van der Waals surface area contributed by atoms with E-state index in [1.807, 2.05) is 18.2 Å². The van der Waals surface area contributed by atoms with Crippen LogP contribution in [0.3, 0.4) is 0 Å². The van der Waals surface area contributed by atoms with Gasteiger partial charge in [-0.25, -0.2) is 4.98 Å². The number of benzene rings is 1. The first-order chi connectivity index (χ1) is 8.09. The fraction of sp³-hybridized carbons (Fsp3) is 0. The van der Waals surface area contributed by atoms with Crippen LogP contribution in [0.5, 0.6) is 0 Å². The molecule has 5 heteroatoms. The van der Waals surface area contributed by atoms with Crippen LogP contribution in [0.4, 0.5) is 5.69 Å². The fourth-order valence-corrected chi connectivity index (χ4v) is 1.72. The second-order valence-corrected chi connectivity index (χ2v) is 3.89. The first-order valence-corrected chi connectivity index (χ1v) is 5.28. The molecule has 1 heterocycles. The van der Waals surface area contributed by atoms with Gasteiger partial charge in [-0.15, -0.1) is 0 Å². The van der Waals surface area contributed by atoms with Gasteiger partial charge < -0.3 is 11.5 Å². The molecule has 1 aromatic heterocycles. The molecule has 4 N–H and O–H groups in total. The van der Waals surface area contributed by atoms with Gasteiger partial charge in [0.15, 0.2) is 5.69 Å². The number of aromatic nitrogens is 1. The van der Waals surface area contributed by atoms with E-state index in [4.69, 9.17) is 23.1 Å². The van der Waals surface area contributed by atoms with Crippen LogP contribution in [0.2, 0.25) is 5.02 Å². The Morgan fingerprint density at radius 3 is 2.53 bits per heavy atom. The lowest BCUT2D eigenvalue weighted by Gasteiger charge is -2.06. The number of carbonyl (C=O) groups is 1. The Kier molecular flexibility index (Phi) is 2.97. The minimum absolute atomic E-state index is 0.0578. The van der Waals surface area contributed by atoms with Crippen molar-refractivity contribution in [3.8, 4) is 11.3 Å². The van der Waals surface area contributed by atoms with E-state index in [9.17, 15) is 4.79 Å². The Morgan fingerprint density at radius 1 is 1.18 bits per heavy atom. The summed E-state index contributed by atoms with van der Waals surface area (Å²) in [6, 6.07) is 10.5. The summed E-state index contributed by atoms with van der Waals surface area (Å²) in [6.45, 7) is 0. The average Bonchev–Trinajstić information content (AvgIpc) is 2.30. The Bertz CT molecular complexity index is 584. The molecule has 2 rings (SSSR count). The highest BCUT2D eigenvalue weighted by Crippen LogP contribution is 2.27. The van der Waals surface area contributed by atoms with Crippen LogP contribution in [-0.2, 0) is 0 Å². The Hall–Kier alpha value is -2.07. The number of nitrogens with zero attached hydrogens (tertiary/aromatic N) is 1. The molecule has 2 aromatic rings. The number of rotatable bonds is 2. The van der Waals surface area contributed by atoms with Gasteiger partial charge in [-0.2, -0.15) is 0 Å². The van der Waals surface area contributed by atoms with E-state index in [1.165, 1.54) is 0 Å². The van der Waals surface area contributed by atoms with Gasteiger partial charge in [0.25, 0.3) is 5.91 Å². The number of pyridine rings is 1. The Labute approximate surface area is 103 Å². The lowest BCUT2D eigenvalue weighted by atomic mass is 10.1. The zero-order chi connectivity index (χ0) is 12.4. The molecule has 0 spiro atoms. The highest BCUT2D eigenvalue weighted by atomic mass is 35.5. The normalized spacial score (nSPS) is 10.2. The van der Waals surface area contributed by atoms with Crippen molar-refractivity contribution in [3.05, 3.63) is 47.1 Å². The van der Waals surface area contributed by atoms with Gasteiger partial charge in [0.05, 0.1) is 11.4 Å². The minimum atomic E-state index is -0.656. The third kappa shape index (κ3) is 2.21. The summed E-state index contributed by atoms with van der Waals surface area (Å²) in [7, 11) is 0. The van der Waals surface area contributed by atoms with Gasteiger partial charge in [0.2, 0.25) is 0 Å². The second kappa shape index (κ2) is 4.43. The zero-order valence-corrected chi connectivity index (χ0v) is 9.61. The minimum Gasteiger partial charge on any atom is -0.397 e. The van der Waals surface area contributed by atoms with E-state index >= 15 is 0 Å². The van der Waals surface area contributed by atoms with Gasteiger partial charge in [-0.3, -0.25) is 4.79 Å². The number of anilines is 1. The molecule has 0 fully saturated rings. The van der Waals surface area contributed by atoms with Crippen molar-refractivity contribution in [2.24, 2.45) is 5.73 Å². The number of nitrogens with two attached hydrogens (primary N) is 2. The summed E-state index contributed by atoms with van der Waals surface area (Å²) in [6.07, 6.45) is 0. The maximum absolute atomic E-state index is 11.1. The Morgan fingerprint density at radius 2 is 1.88 bits per heavy atom. The molecule has 0 aliphatic heterocycles. The number of nitrogen functional groups attached to an aromatic ring is 1. The van der Waals surface area contributed by atoms with E-state index in [0.29, 0.717) is 10.7 Å². The largest absolute Gasteiger partial charge is 0.397 e. The summed E-state index contributed by atoms with van der Waals surface area (Å²) >= 11 is 6.04. The van der Waals surface area contributed by atoms with Gasteiger partial charge in [-0.1, -0.05) is 29.8 Å². The fourth-order valence-electron chi connectivity index (χ4n) is 1.49. The van der Waals surface area contributed by atoms with E-state index in [-0.39, 0.29) is 11.4 Å². The summed E-state index contributed by atoms with van der Waals surface area (Å²) < 4.78 is 0. The van der Waals surface area contributed by atoms with Crippen molar-refractivity contribution in [3.63, 3.8) is 0 Å². The predicted octanol–water partition coefficient (Wildman–Crippen LogP) is 2.08. The van der Waals surface area contributed by atoms with E-state index in [2.05, 4.69) is 4.98 Å². The molecule has 1 amide bonds. The number of hydrogen-bond acceptors (Lipinski definition) is 3. The average molecular weight is 248 g/mol. The van der Waals surface area contributed by atoms with Gasteiger partial charge in [0, 0.05) is 10.6 Å². The number of amides is 1. The van der Waals surface area contributed by atoms with Crippen molar-refractivity contribution in [1.82, 2.24) is 4.98 Å². The summed E-state index contributed by atoms with van der Waals surface area (Å²) in [4.78, 5) is 15.3. The van der Waals surface area contributed by atoms with Crippen LogP contribution >= 0.6 is 11.6 Å². The maximum Gasteiger partial charge on any atom is 0.269 e. The molecule has 0 saturated carbocycles. The monoisotopic (exact) mass is 247 g/mol. The van der Waals surface area contributed by atoms with Gasteiger partial charge >= 0.3 is 0 Å². The molecular weight excluding hydrogens is 238 g/mol. The van der Waals surface area contributed by atoms with Gasteiger partial charge in [-0.05, 0) is 18.2 Å². The molecular formula is C12H10ClN3O. The van der Waals surface area contributed by atoms with Crippen molar-refractivity contribution in [2.75, 3.05) is 5.73 Å². The lowest BCUT2D eigenvalue weighted by molar-refractivity contribution is 0.0996. The molecule has 4 nitrogen and oxygen atoms in total. The molecule has 0 atom stereocenters. The molecule has 0 unspecified atom stereocenters. The molecule has 0 aliphatic rings. The first kappa shape index (κ1) is 11.4. The standard InChI is InChI=1S/C12H10ClN3O/c13-8-4-2-1-3-7(8)10-6-5-9(14)11(16-10)12(15)17/h1-6H,14H2,(H2,15,17). The van der Waals surface area contributed by atoms with Crippen LogP contribution in [0, 0.1) is 0 Å². The molecule has 17 heavy (non-hydrogen) atoms. The van der Waals surface area contributed by atoms with Crippen LogP contribution in [-0.4, -0.2) is 10.9 Å². The number of carbonyl (C=O) groups excluding carboxylic acids is 1. The third-order valence-corrected chi connectivity index (χ3v) is 2.64. The smallest absolute Gasteiger partial charge is 0.269 e. The van der Waals surface area contributed by atoms with Gasteiger partial charge in [0.1, 0.15) is 0 Å². The first-order valence-electron chi connectivity index (χ1n) is 4.91. The van der Waals surface area contributed by atoms with Crippen molar-refractivity contribution >= 4 is 23.2 Å². The SMILES string of the molecule is NC(=O)c1nc(-c2ccccc2Cl)ccc1N. The van der Waals surface area contributed by atoms with Crippen LogP contribution < -0.4 is 11.5 Å². The number of hydrogen-bond donors (Lipinski definition) is 2. The summed E-state index contributed by atoms with van der Waals surface area (Å²) in [5.41, 5.74) is 12.4. The van der Waals surface area contributed by atoms with E-state index < -0.39 is 5.91 Å². The summed E-state index contributed by atoms with van der Waals surface area (Å²) in [5, 5.41) is 0.556. The topological polar surface area (TPSA) is 82.0 Å². The highest BCUT2D eigenvalue weighted by molar-refractivity contribution is 6.33.